The molecule has 188 valence electrons. The quantitative estimate of drug-likeness (QED) is 0.652. The summed E-state index contributed by atoms with van der Waals surface area (Å²) >= 11 is 0. The Bertz CT molecular complexity index is 1030. The number of benzene rings is 1. The number of nitrogens with one attached hydrogen (secondary N) is 1. The van der Waals surface area contributed by atoms with Gasteiger partial charge in [0.2, 0.25) is 5.91 Å². The van der Waals surface area contributed by atoms with Gasteiger partial charge >= 0.3 is 0 Å². The van der Waals surface area contributed by atoms with Crippen LogP contribution in [0.15, 0.2) is 30.3 Å². The predicted octanol–water partition coefficient (Wildman–Crippen LogP) is 2.08. The van der Waals surface area contributed by atoms with Gasteiger partial charge in [0.15, 0.2) is 5.69 Å². The van der Waals surface area contributed by atoms with E-state index in [9.17, 15) is 9.59 Å². The van der Waals surface area contributed by atoms with Gasteiger partial charge in [-0.25, -0.2) is 4.68 Å². The molecule has 2 aromatic rings. The molecule has 1 aromatic heterocycles. The molecule has 0 unspecified atom stereocenters. The minimum absolute atomic E-state index is 0.0671. The topological polar surface area (TPSA) is 92.6 Å². The van der Waals surface area contributed by atoms with Gasteiger partial charge in [-0.05, 0) is 37.3 Å². The van der Waals surface area contributed by atoms with Crippen molar-refractivity contribution >= 4 is 11.8 Å². The molecular weight excluding hydrogens is 444 g/mol. The standard InChI is InChI=1S/C26H36N6O3/c1-18(2)17-31(22-14-20(15-27-16-22)25(33)30-10-12-35-13-11-30)26(34)23-24(19-8-9-19)32(29-28-23)21-6-4-3-5-7-21/h3-7,18-20,22,27H,8-17H2,1-2H3/t20-,22+/m1/s1. The first-order valence-corrected chi connectivity index (χ1v) is 12.9. The van der Waals surface area contributed by atoms with Crippen molar-refractivity contribution in [1.29, 1.82) is 0 Å². The first-order valence-electron chi connectivity index (χ1n) is 12.9. The lowest BCUT2D eigenvalue weighted by Crippen LogP contribution is -2.56. The monoisotopic (exact) mass is 480 g/mol. The van der Waals surface area contributed by atoms with Crippen LogP contribution in [0.25, 0.3) is 5.69 Å². The van der Waals surface area contributed by atoms with Crippen LogP contribution in [0.2, 0.25) is 0 Å². The zero-order valence-electron chi connectivity index (χ0n) is 20.7. The number of hydrogen-bond donors (Lipinski definition) is 1. The Kier molecular flexibility index (Phi) is 7.15. The van der Waals surface area contributed by atoms with E-state index in [1.165, 1.54) is 0 Å². The van der Waals surface area contributed by atoms with Crippen molar-refractivity contribution in [3.63, 3.8) is 0 Å². The third-order valence-electron chi connectivity index (χ3n) is 7.14. The number of ether oxygens (including phenoxy) is 1. The number of para-hydroxylation sites is 1. The molecular formula is C26H36N6O3. The van der Waals surface area contributed by atoms with Crippen molar-refractivity contribution in [1.82, 2.24) is 30.1 Å². The second-order valence-corrected chi connectivity index (χ2v) is 10.4. The summed E-state index contributed by atoms with van der Waals surface area (Å²) in [5.41, 5.74) is 2.30. The van der Waals surface area contributed by atoms with Crippen molar-refractivity contribution in [3.05, 3.63) is 41.7 Å². The van der Waals surface area contributed by atoms with Gasteiger partial charge in [0.05, 0.1) is 30.5 Å². The largest absolute Gasteiger partial charge is 0.378 e. The molecule has 0 spiro atoms. The SMILES string of the molecule is CC(C)CN(C(=O)c1nnn(-c2ccccc2)c1C1CC1)[C@@H]1CNC[C@H](C(=O)N2CCOCC2)C1. The minimum atomic E-state index is -0.141. The number of piperidine rings is 1. The summed E-state index contributed by atoms with van der Waals surface area (Å²) < 4.78 is 7.25. The van der Waals surface area contributed by atoms with Crippen LogP contribution in [-0.4, -0.2) is 88.6 Å². The average Bonchev–Trinajstić information content (AvgIpc) is 3.64. The number of carbonyl (C=O) groups is 2. The number of morpholine rings is 1. The zero-order chi connectivity index (χ0) is 24.4. The molecule has 3 fully saturated rings. The van der Waals surface area contributed by atoms with E-state index < -0.39 is 0 Å². The molecule has 2 saturated heterocycles. The van der Waals surface area contributed by atoms with E-state index >= 15 is 0 Å². The molecule has 35 heavy (non-hydrogen) atoms. The Morgan fingerprint density at radius 2 is 1.89 bits per heavy atom. The molecule has 5 rings (SSSR count). The second kappa shape index (κ2) is 10.5. The van der Waals surface area contributed by atoms with Crippen LogP contribution in [-0.2, 0) is 9.53 Å². The second-order valence-electron chi connectivity index (χ2n) is 10.4. The lowest BCUT2D eigenvalue weighted by Gasteiger charge is -2.40. The fraction of sp³-hybridized carbons (Fsp3) is 0.615. The summed E-state index contributed by atoms with van der Waals surface area (Å²) in [6, 6.07) is 9.83. The Morgan fingerprint density at radius 3 is 2.57 bits per heavy atom. The fourth-order valence-electron chi connectivity index (χ4n) is 5.24. The van der Waals surface area contributed by atoms with Crippen LogP contribution >= 0.6 is 0 Å². The summed E-state index contributed by atoms with van der Waals surface area (Å²) in [6.07, 6.45) is 2.75. The molecule has 1 N–H and O–H groups in total. The van der Waals surface area contributed by atoms with E-state index in [1.807, 2.05) is 44.8 Å². The first-order chi connectivity index (χ1) is 17.0. The van der Waals surface area contributed by atoms with Crippen LogP contribution in [0.1, 0.15) is 55.2 Å². The maximum atomic E-state index is 14.0. The molecule has 3 aliphatic rings. The van der Waals surface area contributed by atoms with Gasteiger partial charge in [0.25, 0.3) is 5.91 Å². The summed E-state index contributed by atoms with van der Waals surface area (Å²) in [5.74, 6) is 0.551. The molecule has 1 aromatic carbocycles. The van der Waals surface area contributed by atoms with Gasteiger partial charge in [-0.15, -0.1) is 5.10 Å². The minimum Gasteiger partial charge on any atom is -0.378 e. The van der Waals surface area contributed by atoms with E-state index in [-0.39, 0.29) is 23.8 Å². The third-order valence-corrected chi connectivity index (χ3v) is 7.14. The van der Waals surface area contributed by atoms with Gasteiger partial charge in [-0.3, -0.25) is 9.59 Å². The molecule has 2 aliphatic heterocycles. The normalized spacial score (nSPS) is 22.9. The molecule has 0 bridgehead atoms. The van der Waals surface area contributed by atoms with E-state index in [0.29, 0.717) is 69.9 Å². The molecule has 9 heteroatoms. The van der Waals surface area contributed by atoms with E-state index in [4.69, 9.17) is 4.74 Å². The number of carbonyl (C=O) groups excluding carboxylic acids is 2. The van der Waals surface area contributed by atoms with E-state index in [1.54, 1.807) is 0 Å². The van der Waals surface area contributed by atoms with Crippen molar-refractivity contribution in [3.8, 4) is 5.69 Å². The van der Waals surface area contributed by atoms with E-state index in [2.05, 4.69) is 29.5 Å². The Balaban J connectivity index is 1.39. The van der Waals surface area contributed by atoms with Gasteiger partial charge in [0, 0.05) is 44.7 Å². The maximum Gasteiger partial charge on any atom is 0.276 e. The number of nitrogens with zero attached hydrogens (tertiary/aromatic N) is 5. The first kappa shape index (κ1) is 23.9. The molecule has 1 saturated carbocycles. The highest BCUT2D eigenvalue weighted by Crippen LogP contribution is 2.42. The molecule has 9 nitrogen and oxygen atoms in total. The third kappa shape index (κ3) is 5.26. The summed E-state index contributed by atoms with van der Waals surface area (Å²) in [7, 11) is 0. The molecule has 0 radical (unpaired) electrons. The number of amides is 2. The van der Waals surface area contributed by atoms with Gasteiger partial charge in [0.1, 0.15) is 0 Å². The molecule has 1 aliphatic carbocycles. The van der Waals surface area contributed by atoms with E-state index in [0.717, 1.165) is 24.2 Å². The zero-order valence-corrected chi connectivity index (χ0v) is 20.7. The van der Waals surface area contributed by atoms with Crippen molar-refractivity contribution in [2.45, 2.75) is 45.1 Å². The highest BCUT2D eigenvalue weighted by atomic mass is 16.5. The Hall–Kier alpha value is -2.78. The van der Waals surface area contributed by atoms with Crippen LogP contribution in [0.3, 0.4) is 0 Å². The lowest BCUT2D eigenvalue weighted by atomic mass is 9.92. The maximum absolute atomic E-state index is 14.0. The summed E-state index contributed by atoms with van der Waals surface area (Å²) in [5, 5.41) is 12.3. The summed E-state index contributed by atoms with van der Waals surface area (Å²) in [6.45, 7) is 8.65. The highest BCUT2D eigenvalue weighted by molar-refractivity contribution is 5.94. The lowest BCUT2D eigenvalue weighted by molar-refractivity contribution is -0.140. The molecule has 3 heterocycles. The highest BCUT2D eigenvalue weighted by Gasteiger charge is 2.39. The van der Waals surface area contributed by atoms with Gasteiger partial charge in [-0.1, -0.05) is 37.3 Å². The van der Waals surface area contributed by atoms with Crippen LogP contribution in [0.4, 0.5) is 0 Å². The number of hydrogen-bond acceptors (Lipinski definition) is 6. The van der Waals surface area contributed by atoms with Gasteiger partial charge in [-0.2, -0.15) is 0 Å². The van der Waals surface area contributed by atoms with Crippen LogP contribution < -0.4 is 5.32 Å². The Morgan fingerprint density at radius 1 is 1.14 bits per heavy atom. The van der Waals surface area contributed by atoms with Crippen molar-refractivity contribution in [2.75, 3.05) is 45.9 Å². The summed E-state index contributed by atoms with van der Waals surface area (Å²) in [4.78, 5) is 31.1. The number of rotatable bonds is 7. The fourth-order valence-corrected chi connectivity index (χ4v) is 5.24. The molecule has 2 amide bonds. The predicted molar refractivity (Wildman–Crippen MR) is 131 cm³/mol. The van der Waals surface area contributed by atoms with Crippen LogP contribution in [0.5, 0.6) is 0 Å². The molecule has 2 atom stereocenters. The van der Waals surface area contributed by atoms with Crippen LogP contribution in [0, 0.1) is 11.8 Å². The number of aromatic nitrogens is 3. The average molecular weight is 481 g/mol. The smallest absolute Gasteiger partial charge is 0.276 e. The van der Waals surface area contributed by atoms with Crippen molar-refractivity contribution in [2.24, 2.45) is 11.8 Å². The van der Waals surface area contributed by atoms with Crippen molar-refractivity contribution < 1.29 is 14.3 Å². The van der Waals surface area contributed by atoms with Gasteiger partial charge < -0.3 is 19.9 Å². The Labute approximate surface area is 206 Å².